The second-order valence-electron chi connectivity index (χ2n) is 5.65. The smallest absolute Gasteiger partial charge is 0.220 e. The van der Waals surface area contributed by atoms with Crippen molar-refractivity contribution in [3.05, 3.63) is 23.8 Å². The summed E-state index contributed by atoms with van der Waals surface area (Å²) in [6, 6.07) is 5.87. The van der Waals surface area contributed by atoms with Crippen molar-refractivity contribution in [3.8, 4) is 11.5 Å². The molecule has 130 valence electrons. The molecule has 1 amide bonds. The fourth-order valence-electron chi connectivity index (χ4n) is 2.22. The predicted octanol–water partition coefficient (Wildman–Crippen LogP) is 2.48. The van der Waals surface area contributed by atoms with E-state index >= 15 is 0 Å². The van der Waals surface area contributed by atoms with Gasteiger partial charge in [-0.1, -0.05) is 6.07 Å². The van der Waals surface area contributed by atoms with Crippen LogP contribution in [0.1, 0.15) is 32.3 Å². The number of amides is 1. The summed E-state index contributed by atoms with van der Waals surface area (Å²) in [5.41, 5.74) is 1.08. The molecule has 0 unspecified atom stereocenters. The van der Waals surface area contributed by atoms with E-state index in [1.165, 1.54) is 0 Å². The summed E-state index contributed by atoms with van der Waals surface area (Å²) in [5.74, 6) is 1.60. The minimum absolute atomic E-state index is 0.0931. The number of hydrogen-bond donors (Lipinski definition) is 1. The molecule has 0 bridgehead atoms. The minimum Gasteiger partial charge on any atom is -0.490 e. The first-order chi connectivity index (χ1) is 11.1. The van der Waals surface area contributed by atoms with Gasteiger partial charge in [0.1, 0.15) is 0 Å². The van der Waals surface area contributed by atoms with Crippen molar-refractivity contribution < 1.29 is 14.3 Å². The van der Waals surface area contributed by atoms with E-state index in [0.29, 0.717) is 26.1 Å². The van der Waals surface area contributed by atoms with Crippen molar-refractivity contribution in [3.63, 3.8) is 0 Å². The quantitative estimate of drug-likeness (QED) is 0.636. The van der Waals surface area contributed by atoms with Gasteiger partial charge in [-0.15, -0.1) is 0 Å². The lowest BCUT2D eigenvalue weighted by Crippen LogP contribution is -2.27. The van der Waals surface area contributed by atoms with Crippen molar-refractivity contribution in [1.82, 2.24) is 10.2 Å². The second kappa shape index (κ2) is 10.9. The van der Waals surface area contributed by atoms with Gasteiger partial charge in [0.25, 0.3) is 0 Å². The van der Waals surface area contributed by atoms with Crippen LogP contribution in [0.15, 0.2) is 18.2 Å². The van der Waals surface area contributed by atoms with Gasteiger partial charge in [-0.25, -0.2) is 0 Å². The van der Waals surface area contributed by atoms with Gasteiger partial charge >= 0.3 is 0 Å². The zero-order valence-electron chi connectivity index (χ0n) is 14.9. The third-order valence-electron chi connectivity index (χ3n) is 3.35. The van der Waals surface area contributed by atoms with Crippen LogP contribution in [0.3, 0.4) is 0 Å². The van der Waals surface area contributed by atoms with Crippen molar-refractivity contribution in [1.29, 1.82) is 0 Å². The molecular weight excluding hydrogens is 292 g/mol. The molecule has 0 saturated heterocycles. The highest BCUT2D eigenvalue weighted by Gasteiger charge is 2.08. The summed E-state index contributed by atoms with van der Waals surface area (Å²) in [4.78, 5) is 14.0. The molecule has 5 heteroatoms. The Bertz CT molecular complexity index is 475. The van der Waals surface area contributed by atoms with Gasteiger partial charge in [-0.2, -0.15) is 0 Å². The Balaban J connectivity index is 2.44. The van der Waals surface area contributed by atoms with E-state index in [-0.39, 0.29) is 5.91 Å². The van der Waals surface area contributed by atoms with E-state index < -0.39 is 0 Å². The van der Waals surface area contributed by atoms with Crippen LogP contribution < -0.4 is 14.8 Å². The van der Waals surface area contributed by atoms with Crippen molar-refractivity contribution in [2.75, 3.05) is 40.4 Å². The molecule has 0 aliphatic heterocycles. The highest BCUT2D eigenvalue weighted by atomic mass is 16.5. The van der Waals surface area contributed by atoms with E-state index in [1.54, 1.807) is 0 Å². The van der Waals surface area contributed by atoms with Crippen LogP contribution >= 0.6 is 0 Å². The number of rotatable bonds is 11. The number of carbonyl (C=O) groups is 1. The Morgan fingerprint density at radius 2 is 1.83 bits per heavy atom. The molecule has 1 aromatic rings. The normalized spacial score (nSPS) is 10.7. The van der Waals surface area contributed by atoms with Gasteiger partial charge < -0.3 is 19.7 Å². The molecule has 0 aliphatic carbocycles. The zero-order valence-corrected chi connectivity index (χ0v) is 14.9. The molecule has 23 heavy (non-hydrogen) atoms. The molecule has 0 atom stereocenters. The van der Waals surface area contributed by atoms with Crippen molar-refractivity contribution in [2.45, 2.75) is 33.1 Å². The van der Waals surface area contributed by atoms with Gasteiger partial charge in [0.05, 0.1) is 13.2 Å². The number of aryl methyl sites for hydroxylation is 1. The Hall–Kier alpha value is -1.75. The Kier molecular flexibility index (Phi) is 9.14. The van der Waals surface area contributed by atoms with E-state index in [0.717, 1.165) is 36.6 Å². The first-order valence-corrected chi connectivity index (χ1v) is 8.36. The highest BCUT2D eigenvalue weighted by molar-refractivity contribution is 5.76. The summed E-state index contributed by atoms with van der Waals surface area (Å²) in [6.45, 7) is 6.81. The molecule has 0 aromatic heterocycles. The summed E-state index contributed by atoms with van der Waals surface area (Å²) >= 11 is 0. The molecule has 0 radical (unpaired) electrons. The van der Waals surface area contributed by atoms with E-state index in [2.05, 4.69) is 10.2 Å². The van der Waals surface area contributed by atoms with E-state index in [4.69, 9.17) is 9.47 Å². The van der Waals surface area contributed by atoms with Gasteiger partial charge in [-0.05, 0) is 65.0 Å². The summed E-state index contributed by atoms with van der Waals surface area (Å²) in [6.07, 6.45) is 2.16. The van der Waals surface area contributed by atoms with Crippen LogP contribution in [-0.4, -0.2) is 51.2 Å². The van der Waals surface area contributed by atoms with Crippen molar-refractivity contribution in [2.24, 2.45) is 0 Å². The third-order valence-corrected chi connectivity index (χ3v) is 3.35. The highest BCUT2D eigenvalue weighted by Crippen LogP contribution is 2.28. The lowest BCUT2D eigenvalue weighted by molar-refractivity contribution is -0.121. The van der Waals surface area contributed by atoms with Crippen LogP contribution in [0, 0.1) is 0 Å². The molecule has 1 aromatic carbocycles. The Morgan fingerprint density at radius 1 is 1.13 bits per heavy atom. The van der Waals surface area contributed by atoms with Gasteiger partial charge in [0.15, 0.2) is 11.5 Å². The minimum atomic E-state index is 0.0931. The first kappa shape index (κ1) is 19.3. The molecule has 0 aliphatic rings. The standard InChI is InChI=1S/C18H30N2O3/c1-5-22-16-10-8-15(14-17(16)23-6-2)9-11-18(21)19-12-7-13-20(3)4/h8,10,14H,5-7,9,11-13H2,1-4H3,(H,19,21). The largest absolute Gasteiger partial charge is 0.490 e. The maximum atomic E-state index is 11.9. The number of benzene rings is 1. The SMILES string of the molecule is CCOc1ccc(CCC(=O)NCCCN(C)C)cc1OCC. The summed E-state index contributed by atoms with van der Waals surface area (Å²) < 4.78 is 11.2. The van der Waals surface area contributed by atoms with Crippen LogP contribution in [-0.2, 0) is 11.2 Å². The number of nitrogens with one attached hydrogen (secondary N) is 1. The van der Waals surface area contributed by atoms with Gasteiger partial charge in [0.2, 0.25) is 5.91 Å². The number of carbonyl (C=O) groups excluding carboxylic acids is 1. The molecule has 1 rings (SSSR count). The second-order valence-corrected chi connectivity index (χ2v) is 5.65. The average molecular weight is 322 g/mol. The maximum Gasteiger partial charge on any atom is 0.220 e. The van der Waals surface area contributed by atoms with Crippen LogP contribution in [0.5, 0.6) is 11.5 Å². The molecule has 0 spiro atoms. The predicted molar refractivity (Wildman–Crippen MR) is 93.3 cm³/mol. The number of hydrogen-bond acceptors (Lipinski definition) is 4. The molecule has 5 nitrogen and oxygen atoms in total. The number of ether oxygens (including phenoxy) is 2. The van der Waals surface area contributed by atoms with E-state index in [9.17, 15) is 4.79 Å². The lowest BCUT2D eigenvalue weighted by Gasteiger charge is -2.12. The fraction of sp³-hybridized carbons (Fsp3) is 0.611. The van der Waals surface area contributed by atoms with Crippen LogP contribution in [0.2, 0.25) is 0 Å². The van der Waals surface area contributed by atoms with Gasteiger partial charge in [0, 0.05) is 13.0 Å². The molecule has 0 saturated carbocycles. The fourth-order valence-corrected chi connectivity index (χ4v) is 2.22. The summed E-state index contributed by atoms with van der Waals surface area (Å²) in [5, 5.41) is 2.96. The maximum absolute atomic E-state index is 11.9. The molecule has 0 fully saturated rings. The van der Waals surface area contributed by atoms with Crippen LogP contribution in [0.4, 0.5) is 0 Å². The zero-order chi connectivity index (χ0) is 17.1. The Morgan fingerprint density at radius 3 is 2.48 bits per heavy atom. The third kappa shape index (κ3) is 7.88. The molecule has 0 heterocycles. The first-order valence-electron chi connectivity index (χ1n) is 8.36. The topological polar surface area (TPSA) is 50.8 Å². The molecule has 1 N–H and O–H groups in total. The summed E-state index contributed by atoms with van der Waals surface area (Å²) in [7, 11) is 4.06. The van der Waals surface area contributed by atoms with Crippen molar-refractivity contribution >= 4 is 5.91 Å². The average Bonchev–Trinajstić information content (AvgIpc) is 2.52. The lowest BCUT2D eigenvalue weighted by atomic mass is 10.1. The van der Waals surface area contributed by atoms with Gasteiger partial charge in [-0.3, -0.25) is 4.79 Å². The van der Waals surface area contributed by atoms with Crippen LogP contribution in [0.25, 0.3) is 0 Å². The Labute approximate surface area is 140 Å². The number of nitrogens with zero attached hydrogens (tertiary/aromatic N) is 1. The monoisotopic (exact) mass is 322 g/mol. The molecular formula is C18H30N2O3. The van der Waals surface area contributed by atoms with E-state index in [1.807, 2.05) is 46.1 Å².